The van der Waals surface area contributed by atoms with Gasteiger partial charge in [-0.1, -0.05) is 40.5 Å². The highest BCUT2D eigenvalue weighted by Gasteiger charge is 2.20. The number of hydrogen-bond acceptors (Lipinski definition) is 5. The second-order valence-corrected chi connectivity index (χ2v) is 6.80. The van der Waals surface area contributed by atoms with Gasteiger partial charge in [-0.15, -0.1) is 0 Å². The molecule has 0 unspecified atom stereocenters. The van der Waals surface area contributed by atoms with Crippen LogP contribution in [0.2, 0.25) is 10.0 Å². The van der Waals surface area contributed by atoms with E-state index in [1.165, 1.54) is 4.90 Å². The molecule has 0 saturated carbocycles. The minimum absolute atomic E-state index is 0.167. The van der Waals surface area contributed by atoms with Crippen LogP contribution in [0.4, 0.5) is 0 Å². The molecule has 0 fully saturated rings. The standard InChI is InChI=1S/C20H18Cl2N2O4/c1-24(11-12-5-4-6-15(21)19(12)22)20(25)16-10-18(28-23-16)14-9-13(26-2)7-8-17(14)27-3/h4-10H,11H2,1-3H3. The topological polar surface area (TPSA) is 64.8 Å². The minimum Gasteiger partial charge on any atom is -0.497 e. The van der Waals surface area contributed by atoms with Gasteiger partial charge in [0.15, 0.2) is 11.5 Å². The maximum absolute atomic E-state index is 12.7. The van der Waals surface area contributed by atoms with Gasteiger partial charge in [-0.2, -0.15) is 0 Å². The van der Waals surface area contributed by atoms with Crippen LogP contribution in [0.15, 0.2) is 47.0 Å². The monoisotopic (exact) mass is 420 g/mol. The van der Waals surface area contributed by atoms with Crippen LogP contribution < -0.4 is 9.47 Å². The number of amides is 1. The number of aromatic nitrogens is 1. The van der Waals surface area contributed by atoms with Crippen LogP contribution in [0.1, 0.15) is 16.1 Å². The van der Waals surface area contributed by atoms with Crippen molar-refractivity contribution in [3.05, 3.63) is 63.8 Å². The zero-order valence-corrected chi connectivity index (χ0v) is 17.0. The third kappa shape index (κ3) is 4.08. The van der Waals surface area contributed by atoms with Gasteiger partial charge in [-0.25, -0.2) is 0 Å². The maximum Gasteiger partial charge on any atom is 0.276 e. The highest BCUT2D eigenvalue weighted by Crippen LogP contribution is 2.34. The Labute approximate surface area is 172 Å². The molecule has 0 aliphatic carbocycles. The van der Waals surface area contributed by atoms with Crippen molar-refractivity contribution in [1.82, 2.24) is 10.1 Å². The highest BCUT2D eigenvalue weighted by molar-refractivity contribution is 6.42. The summed E-state index contributed by atoms with van der Waals surface area (Å²) in [4.78, 5) is 14.2. The quantitative estimate of drug-likeness (QED) is 0.564. The zero-order chi connectivity index (χ0) is 20.3. The van der Waals surface area contributed by atoms with E-state index < -0.39 is 0 Å². The number of methoxy groups -OCH3 is 2. The van der Waals surface area contributed by atoms with Gasteiger partial charge in [0, 0.05) is 19.7 Å². The van der Waals surface area contributed by atoms with E-state index >= 15 is 0 Å². The Hall–Kier alpha value is -2.70. The molecular formula is C20H18Cl2N2O4. The molecule has 0 N–H and O–H groups in total. The van der Waals surface area contributed by atoms with E-state index in [4.69, 9.17) is 37.2 Å². The van der Waals surface area contributed by atoms with E-state index in [1.54, 1.807) is 57.7 Å². The molecule has 0 aliphatic heterocycles. The summed E-state index contributed by atoms with van der Waals surface area (Å²) in [6.07, 6.45) is 0. The van der Waals surface area contributed by atoms with Gasteiger partial charge >= 0.3 is 0 Å². The Morgan fingerprint density at radius 2 is 1.93 bits per heavy atom. The first-order chi connectivity index (χ1) is 13.4. The van der Waals surface area contributed by atoms with Crippen LogP contribution in [0.5, 0.6) is 11.5 Å². The van der Waals surface area contributed by atoms with E-state index in [9.17, 15) is 4.79 Å². The predicted octanol–water partition coefficient (Wildman–Crippen LogP) is 4.94. The number of nitrogens with zero attached hydrogens (tertiary/aromatic N) is 2. The second kappa shape index (κ2) is 8.54. The van der Waals surface area contributed by atoms with E-state index in [2.05, 4.69) is 5.16 Å². The normalized spacial score (nSPS) is 10.6. The molecule has 8 heteroatoms. The second-order valence-electron chi connectivity index (χ2n) is 6.02. The average Bonchev–Trinajstić information content (AvgIpc) is 3.20. The van der Waals surface area contributed by atoms with Crippen LogP contribution in [-0.4, -0.2) is 37.2 Å². The summed E-state index contributed by atoms with van der Waals surface area (Å²) in [6.45, 7) is 0.281. The Balaban J connectivity index is 1.83. The van der Waals surface area contributed by atoms with Crippen LogP contribution in [0, 0.1) is 0 Å². The molecule has 1 amide bonds. The molecule has 1 aromatic heterocycles. The molecule has 28 heavy (non-hydrogen) atoms. The summed E-state index contributed by atoms with van der Waals surface area (Å²) in [5.41, 5.74) is 1.54. The first kappa shape index (κ1) is 20.0. The van der Waals surface area contributed by atoms with Gasteiger partial charge in [0.05, 0.1) is 29.8 Å². The number of halogens is 2. The van der Waals surface area contributed by atoms with Crippen LogP contribution >= 0.6 is 23.2 Å². The zero-order valence-electron chi connectivity index (χ0n) is 15.5. The molecule has 0 bridgehead atoms. The lowest BCUT2D eigenvalue weighted by Gasteiger charge is -2.16. The van der Waals surface area contributed by atoms with Crippen molar-refractivity contribution in [2.75, 3.05) is 21.3 Å². The minimum atomic E-state index is -0.312. The van der Waals surface area contributed by atoms with Crippen molar-refractivity contribution >= 4 is 29.1 Å². The van der Waals surface area contributed by atoms with Crippen molar-refractivity contribution in [2.24, 2.45) is 0 Å². The van der Waals surface area contributed by atoms with E-state index in [-0.39, 0.29) is 18.1 Å². The molecule has 1 heterocycles. The van der Waals surface area contributed by atoms with E-state index in [1.807, 2.05) is 6.07 Å². The number of rotatable bonds is 6. The van der Waals surface area contributed by atoms with Crippen LogP contribution in [0.25, 0.3) is 11.3 Å². The fourth-order valence-corrected chi connectivity index (χ4v) is 3.08. The van der Waals surface area contributed by atoms with Gasteiger partial charge in [0.25, 0.3) is 5.91 Å². The highest BCUT2D eigenvalue weighted by atomic mass is 35.5. The maximum atomic E-state index is 12.7. The summed E-state index contributed by atoms with van der Waals surface area (Å²) in [7, 11) is 4.77. The van der Waals surface area contributed by atoms with Gasteiger partial charge < -0.3 is 18.9 Å². The Morgan fingerprint density at radius 3 is 2.64 bits per heavy atom. The number of ether oxygens (including phenoxy) is 2. The number of carbonyl (C=O) groups is 1. The fraction of sp³-hybridized carbons (Fsp3) is 0.200. The van der Waals surface area contributed by atoms with Crippen molar-refractivity contribution in [3.8, 4) is 22.8 Å². The lowest BCUT2D eigenvalue weighted by Crippen LogP contribution is -2.26. The van der Waals surface area contributed by atoms with Gasteiger partial charge in [-0.05, 0) is 29.8 Å². The van der Waals surface area contributed by atoms with Crippen molar-refractivity contribution in [1.29, 1.82) is 0 Å². The van der Waals surface area contributed by atoms with E-state index in [0.29, 0.717) is 32.9 Å². The molecule has 146 valence electrons. The first-order valence-corrected chi connectivity index (χ1v) is 9.07. The lowest BCUT2D eigenvalue weighted by molar-refractivity contribution is 0.0775. The Kier molecular flexibility index (Phi) is 6.11. The average molecular weight is 421 g/mol. The van der Waals surface area contributed by atoms with Gasteiger partial charge in [-0.3, -0.25) is 4.79 Å². The molecule has 0 spiro atoms. The van der Waals surface area contributed by atoms with Crippen LogP contribution in [-0.2, 0) is 6.54 Å². The third-order valence-corrected chi connectivity index (χ3v) is 5.05. The van der Waals surface area contributed by atoms with Crippen molar-refractivity contribution < 1.29 is 18.8 Å². The summed E-state index contributed by atoms with van der Waals surface area (Å²) >= 11 is 12.2. The lowest BCUT2D eigenvalue weighted by atomic mass is 10.1. The fourth-order valence-electron chi connectivity index (χ4n) is 2.70. The Bertz CT molecular complexity index is 1000. The largest absolute Gasteiger partial charge is 0.497 e. The summed E-state index contributed by atoms with van der Waals surface area (Å²) in [6, 6.07) is 12.1. The summed E-state index contributed by atoms with van der Waals surface area (Å²) < 4.78 is 16.0. The molecule has 3 rings (SSSR count). The molecule has 6 nitrogen and oxygen atoms in total. The molecule has 0 atom stereocenters. The molecule has 2 aromatic carbocycles. The smallest absolute Gasteiger partial charge is 0.276 e. The van der Waals surface area contributed by atoms with E-state index in [0.717, 1.165) is 5.56 Å². The first-order valence-electron chi connectivity index (χ1n) is 8.32. The molecule has 0 radical (unpaired) electrons. The SMILES string of the molecule is COc1ccc(OC)c(-c2cc(C(=O)N(C)Cc3cccc(Cl)c3Cl)no2)c1. The third-order valence-electron chi connectivity index (χ3n) is 4.19. The molecular weight excluding hydrogens is 403 g/mol. The summed E-state index contributed by atoms with van der Waals surface area (Å²) in [5.74, 6) is 1.30. The van der Waals surface area contributed by atoms with Gasteiger partial charge in [0.2, 0.25) is 0 Å². The molecule has 0 saturated heterocycles. The number of hydrogen-bond donors (Lipinski definition) is 0. The Morgan fingerprint density at radius 1 is 1.14 bits per heavy atom. The molecule has 0 aliphatic rings. The van der Waals surface area contributed by atoms with Crippen LogP contribution in [0.3, 0.4) is 0 Å². The van der Waals surface area contributed by atoms with Gasteiger partial charge in [0.1, 0.15) is 11.5 Å². The molecule has 3 aromatic rings. The number of benzene rings is 2. The summed E-state index contributed by atoms with van der Waals surface area (Å²) in [5, 5.41) is 4.77. The number of carbonyl (C=O) groups excluding carboxylic acids is 1. The van der Waals surface area contributed by atoms with Crippen molar-refractivity contribution in [2.45, 2.75) is 6.54 Å². The van der Waals surface area contributed by atoms with Crippen molar-refractivity contribution in [3.63, 3.8) is 0 Å². The predicted molar refractivity (Wildman–Crippen MR) is 107 cm³/mol.